The zero-order valence-electron chi connectivity index (χ0n) is 14.4. The Morgan fingerprint density at radius 3 is 2.48 bits per heavy atom. The summed E-state index contributed by atoms with van der Waals surface area (Å²) in [4.78, 5) is 24.4. The molecule has 0 atom stereocenters. The van der Waals surface area contributed by atoms with Gasteiger partial charge >= 0.3 is 5.97 Å². The van der Waals surface area contributed by atoms with Crippen LogP contribution in [0.15, 0.2) is 47.4 Å². The van der Waals surface area contributed by atoms with Crippen LogP contribution in [0.4, 0.5) is 5.69 Å². The zero-order valence-corrected chi connectivity index (χ0v) is 15.2. The zero-order chi connectivity index (χ0) is 19.6. The third-order valence-electron chi connectivity index (χ3n) is 3.34. The van der Waals surface area contributed by atoms with E-state index in [0.29, 0.717) is 17.0 Å². The van der Waals surface area contributed by atoms with Gasteiger partial charge in [-0.05, 0) is 66.7 Å². The third kappa shape index (κ3) is 6.38. The Morgan fingerprint density at radius 1 is 1.11 bits per heavy atom. The molecule has 0 spiro atoms. The maximum Gasteiger partial charge on any atom is 0.344 e. The van der Waals surface area contributed by atoms with Crippen LogP contribution in [0.5, 0.6) is 5.75 Å². The van der Waals surface area contributed by atoms with Crippen LogP contribution >= 0.6 is 11.8 Å². The van der Waals surface area contributed by atoms with E-state index in [0.717, 1.165) is 22.2 Å². The van der Waals surface area contributed by atoms with Gasteiger partial charge in [-0.25, -0.2) is 4.79 Å². The molecule has 1 N–H and O–H groups in total. The number of nitriles is 2. The first-order chi connectivity index (χ1) is 13.0. The van der Waals surface area contributed by atoms with Crippen LogP contribution in [-0.2, 0) is 14.3 Å². The molecule has 0 radical (unpaired) electrons. The van der Waals surface area contributed by atoms with Gasteiger partial charge in [-0.2, -0.15) is 10.5 Å². The van der Waals surface area contributed by atoms with Crippen LogP contribution < -0.4 is 10.1 Å². The second-order valence-electron chi connectivity index (χ2n) is 5.30. The van der Waals surface area contributed by atoms with Crippen molar-refractivity contribution in [1.29, 1.82) is 10.5 Å². The second kappa shape index (κ2) is 9.85. The molecule has 136 valence electrons. The molecule has 0 saturated carbocycles. The molecule has 0 aliphatic rings. The number of anilines is 1. The fourth-order valence-electron chi connectivity index (χ4n) is 2.03. The monoisotopic (exact) mass is 381 g/mol. The molecule has 0 aliphatic heterocycles. The highest BCUT2D eigenvalue weighted by atomic mass is 32.2. The minimum atomic E-state index is -0.688. The van der Waals surface area contributed by atoms with Crippen LogP contribution in [0.3, 0.4) is 0 Å². The van der Waals surface area contributed by atoms with E-state index >= 15 is 0 Å². The summed E-state index contributed by atoms with van der Waals surface area (Å²) in [6, 6.07) is 13.4. The first-order valence-electron chi connectivity index (χ1n) is 7.77. The predicted octanol–water partition coefficient (Wildman–Crippen LogP) is 3.00. The van der Waals surface area contributed by atoms with Gasteiger partial charge in [-0.3, -0.25) is 4.79 Å². The average Bonchev–Trinajstić information content (AvgIpc) is 2.67. The highest BCUT2D eigenvalue weighted by Gasteiger charge is 2.10. The number of hydrogen-bond donors (Lipinski definition) is 1. The predicted molar refractivity (Wildman–Crippen MR) is 98.9 cm³/mol. The molecule has 8 heteroatoms. The Kier molecular flexibility index (Phi) is 7.24. The molecule has 0 aromatic heterocycles. The van der Waals surface area contributed by atoms with Crippen molar-refractivity contribution in [3.8, 4) is 17.2 Å². The van der Waals surface area contributed by atoms with Crippen LogP contribution in [0, 0.1) is 28.9 Å². The highest BCUT2D eigenvalue weighted by molar-refractivity contribution is 8.03. The van der Waals surface area contributed by atoms with Gasteiger partial charge in [0.2, 0.25) is 0 Å². The maximum atomic E-state index is 11.9. The first kappa shape index (κ1) is 19.8. The smallest absolute Gasteiger partial charge is 0.344 e. The summed E-state index contributed by atoms with van der Waals surface area (Å²) in [6.45, 7) is 1.01. The van der Waals surface area contributed by atoms with E-state index < -0.39 is 18.5 Å². The van der Waals surface area contributed by atoms with Crippen molar-refractivity contribution in [2.45, 2.75) is 11.8 Å². The van der Waals surface area contributed by atoms with Crippen molar-refractivity contribution in [2.24, 2.45) is 0 Å². The van der Waals surface area contributed by atoms with E-state index in [1.54, 1.807) is 49.4 Å². The van der Waals surface area contributed by atoms with Crippen LogP contribution in [-0.4, -0.2) is 25.1 Å². The number of aryl methyl sites for hydroxylation is 1. The van der Waals surface area contributed by atoms with Crippen molar-refractivity contribution < 1.29 is 19.1 Å². The van der Waals surface area contributed by atoms with Crippen LogP contribution in [0.2, 0.25) is 0 Å². The van der Waals surface area contributed by atoms with Crippen LogP contribution in [0.1, 0.15) is 11.1 Å². The number of esters is 1. The Bertz CT molecular complexity index is 914. The van der Waals surface area contributed by atoms with Gasteiger partial charge < -0.3 is 14.8 Å². The van der Waals surface area contributed by atoms with Gasteiger partial charge in [-0.1, -0.05) is 0 Å². The molecule has 0 bridgehead atoms. The number of hydrogen-bond acceptors (Lipinski definition) is 7. The van der Waals surface area contributed by atoms with Crippen LogP contribution in [0.25, 0.3) is 0 Å². The molecule has 2 aromatic rings. The number of rotatable bonds is 7. The molecule has 27 heavy (non-hydrogen) atoms. The molecule has 1 amide bonds. The number of carbonyl (C=O) groups excluding carboxylic acids is 2. The Morgan fingerprint density at radius 2 is 1.85 bits per heavy atom. The lowest BCUT2D eigenvalue weighted by Crippen LogP contribution is -2.24. The molecule has 0 fully saturated rings. The molecule has 0 heterocycles. The minimum absolute atomic E-state index is 0.349. The number of nitrogens with zero attached hydrogens (tertiary/aromatic N) is 2. The Labute approximate surface area is 160 Å². The molecule has 2 rings (SSSR count). The van der Waals surface area contributed by atoms with Crippen molar-refractivity contribution in [2.75, 3.05) is 18.5 Å². The van der Waals surface area contributed by atoms with Crippen molar-refractivity contribution in [3.63, 3.8) is 0 Å². The minimum Gasteiger partial charge on any atom is -0.482 e. The third-order valence-corrected chi connectivity index (χ3v) is 3.92. The number of amides is 1. The Hall–Kier alpha value is -3.49. The number of benzene rings is 2. The molecular formula is C19H15N3O4S. The number of thioether (sulfide) groups is 1. The molecule has 2 aromatic carbocycles. The lowest BCUT2D eigenvalue weighted by Gasteiger charge is -2.10. The summed E-state index contributed by atoms with van der Waals surface area (Å²) in [6.07, 6.45) is 0. The lowest BCUT2D eigenvalue weighted by molar-refractivity contribution is -0.149. The number of thiocyanates is 1. The largest absolute Gasteiger partial charge is 0.482 e. The van der Waals surface area contributed by atoms with E-state index in [1.165, 1.54) is 0 Å². The number of carbonyl (C=O) groups is 2. The molecule has 0 unspecified atom stereocenters. The normalized spacial score (nSPS) is 9.59. The number of ether oxygens (including phenoxy) is 2. The van der Waals surface area contributed by atoms with E-state index in [4.69, 9.17) is 20.0 Å². The Balaban J connectivity index is 1.77. The highest BCUT2D eigenvalue weighted by Crippen LogP contribution is 2.23. The van der Waals surface area contributed by atoms with E-state index in [9.17, 15) is 9.59 Å². The average molecular weight is 381 g/mol. The number of nitrogens with one attached hydrogen (secondary N) is 1. The van der Waals surface area contributed by atoms with Gasteiger partial charge in [0.25, 0.3) is 5.91 Å². The maximum absolute atomic E-state index is 11.9. The quantitative estimate of drug-likeness (QED) is 0.446. The van der Waals surface area contributed by atoms with Gasteiger partial charge in [-0.15, -0.1) is 0 Å². The second-order valence-corrected chi connectivity index (χ2v) is 6.16. The summed E-state index contributed by atoms with van der Waals surface area (Å²) in [7, 11) is 0. The van der Waals surface area contributed by atoms with Crippen molar-refractivity contribution in [1.82, 2.24) is 0 Å². The first-order valence-corrected chi connectivity index (χ1v) is 8.58. The van der Waals surface area contributed by atoms with Crippen molar-refractivity contribution in [3.05, 3.63) is 53.6 Å². The summed E-state index contributed by atoms with van der Waals surface area (Å²) in [5.74, 6) is -0.751. The van der Waals surface area contributed by atoms with E-state index in [2.05, 4.69) is 5.32 Å². The summed E-state index contributed by atoms with van der Waals surface area (Å²) in [5, 5.41) is 22.0. The SMILES string of the molecule is Cc1cc(SC#N)ccc1NC(=O)COC(=O)COc1ccc(C#N)cc1. The molecule has 7 nitrogen and oxygen atoms in total. The lowest BCUT2D eigenvalue weighted by atomic mass is 10.2. The van der Waals surface area contributed by atoms with Gasteiger partial charge in [0.15, 0.2) is 13.2 Å². The standard InChI is InChI=1S/C19H15N3O4S/c1-13-8-16(27-12-21)6-7-17(13)22-18(23)10-26-19(24)11-25-15-4-2-14(9-20)3-5-15/h2-8H,10-11H2,1H3,(H,22,23). The summed E-state index contributed by atoms with van der Waals surface area (Å²) >= 11 is 1.03. The van der Waals surface area contributed by atoms with E-state index in [1.807, 2.05) is 11.5 Å². The van der Waals surface area contributed by atoms with Gasteiger partial charge in [0.05, 0.1) is 11.6 Å². The van der Waals surface area contributed by atoms with Gasteiger partial charge in [0, 0.05) is 10.6 Å². The van der Waals surface area contributed by atoms with E-state index in [-0.39, 0.29) is 6.61 Å². The fraction of sp³-hybridized carbons (Fsp3) is 0.158. The summed E-state index contributed by atoms with van der Waals surface area (Å²) < 4.78 is 10.1. The fourth-order valence-corrected chi connectivity index (χ4v) is 2.51. The van der Waals surface area contributed by atoms with Gasteiger partial charge in [0.1, 0.15) is 11.2 Å². The topological polar surface area (TPSA) is 112 Å². The summed E-state index contributed by atoms with van der Waals surface area (Å²) in [5.41, 5.74) is 1.85. The van der Waals surface area contributed by atoms with Crippen molar-refractivity contribution >= 4 is 29.3 Å². The molecule has 0 aliphatic carbocycles. The molecule has 0 saturated heterocycles. The molecular weight excluding hydrogens is 366 g/mol.